The molecule has 1 heterocycles. The molecule has 0 spiro atoms. The third kappa shape index (κ3) is 1.21. The zero-order valence-corrected chi connectivity index (χ0v) is 7.70. The van der Waals surface area contributed by atoms with E-state index in [0.717, 1.165) is 11.0 Å². The number of nitrogens with zero attached hydrogens (tertiary/aromatic N) is 2. The summed E-state index contributed by atoms with van der Waals surface area (Å²) in [4.78, 5) is 0. The number of hydrogen-bond donors (Lipinski definition) is 1. The third-order valence-corrected chi connectivity index (χ3v) is 1.22. The van der Waals surface area contributed by atoms with Gasteiger partial charge < -0.3 is 0 Å². The first-order valence-electron chi connectivity index (χ1n) is 2.72. The van der Waals surface area contributed by atoms with Crippen molar-refractivity contribution in [2.45, 2.75) is 0 Å². The molecule has 0 amide bonds. The number of fused-ring (bicyclic) bond motifs is 1. The van der Waals surface area contributed by atoms with Gasteiger partial charge in [0.2, 0.25) is 0 Å². The molecule has 44 valence electrons. The Balaban J connectivity index is 0.000000500. The van der Waals surface area contributed by atoms with Crippen LogP contribution >= 0.6 is 0 Å². The van der Waals surface area contributed by atoms with Crippen LogP contribution in [0.4, 0.5) is 0 Å². The summed E-state index contributed by atoms with van der Waals surface area (Å²) in [6.07, 6.45) is 0. The second kappa shape index (κ2) is 3.14. The van der Waals surface area contributed by atoms with Crippen LogP contribution in [0.5, 0.6) is 0 Å². The molecule has 0 saturated carbocycles. The maximum Gasteiger partial charge on any atom is 1.00 e. The van der Waals surface area contributed by atoms with Gasteiger partial charge in [0.15, 0.2) is 0 Å². The molecule has 10 heavy (non-hydrogen) atoms. The SMILES string of the molecule is [Na+].c1ccc2n[nH]nc2c1. The van der Waals surface area contributed by atoms with E-state index >= 15 is 0 Å². The Morgan fingerprint density at radius 1 is 1.00 bits per heavy atom. The standard InChI is InChI=1S/C6H5N3.Na/c1-2-4-6-5(3-1)7-9-8-6;/h1-4H,(H,7,8,9);/q;+1. The van der Waals surface area contributed by atoms with Gasteiger partial charge in [-0.2, -0.15) is 15.4 Å². The van der Waals surface area contributed by atoms with Gasteiger partial charge in [-0.05, 0) is 12.1 Å². The minimum Gasteiger partial charge on any atom is -0.197 e. The molecule has 2 rings (SSSR count). The summed E-state index contributed by atoms with van der Waals surface area (Å²) in [6.45, 7) is 0. The summed E-state index contributed by atoms with van der Waals surface area (Å²) in [5, 5.41) is 10.3. The van der Waals surface area contributed by atoms with Crippen molar-refractivity contribution >= 4 is 11.0 Å². The molecule has 0 bridgehead atoms. The summed E-state index contributed by atoms with van der Waals surface area (Å²) < 4.78 is 0. The van der Waals surface area contributed by atoms with Crippen molar-refractivity contribution in [1.82, 2.24) is 15.4 Å². The van der Waals surface area contributed by atoms with E-state index in [2.05, 4.69) is 15.4 Å². The topological polar surface area (TPSA) is 41.6 Å². The first-order valence-corrected chi connectivity index (χ1v) is 2.72. The van der Waals surface area contributed by atoms with E-state index in [9.17, 15) is 0 Å². The van der Waals surface area contributed by atoms with E-state index in [-0.39, 0.29) is 29.6 Å². The van der Waals surface area contributed by atoms with E-state index in [4.69, 9.17) is 0 Å². The van der Waals surface area contributed by atoms with Crippen LogP contribution < -0.4 is 29.6 Å². The Labute approximate surface area is 80.1 Å². The van der Waals surface area contributed by atoms with Gasteiger partial charge in [0, 0.05) is 0 Å². The maximum absolute atomic E-state index is 3.88. The molecule has 0 aliphatic carbocycles. The number of aromatic amines is 1. The van der Waals surface area contributed by atoms with Crippen LogP contribution in [0.2, 0.25) is 0 Å². The second-order valence-electron chi connectivity index (χ2n) is 1.81. The van der Waals surface area contributed by atoms with Crippen molar-refractivity contribution in [3.05, 3.63) is 24.3 Å². The van der Waals surface area contributed by atoms with Gasteiger partial charge in [-0.15, -0.1) is 0 Å². The van der Waals surface area contributed by atoms with Gasteiger partial charge >= 0.3 is 29.6 Å². The average Bonchev–Trinajstić information content (AvgIpc) is 2.33. The number of hydrogen-bond acceptors (Lipinski definition) is 2. The molecule has 1 aromatic carbocycles. The smallest absolute Gasteiger partial charge is 0.197 e. The predicted octanol–water partition coefficient (Wildman–Crippen LogP) is -2.04. The molecule has 1 aromatic heterocycles. The van der Waals surface area contributed by atoms with Crippen molar-refractivity contribution in [3.63, 3.8) is 0 Å². The van der Waals surface area contributed by atoms with Crippen LogP contribution in [-0.4, -0.2) is 15.4 Å². The van der Waals surface area contributed by atoms with Gasteiger partial charge in [-0.3, -0.25) is 0 Å². The quantitative estimate of drug-likeness (QED) is 0.431. The zero-order chi connectivity index (χ0) is 6.10. The monoisotopic (exact) mass is 142 g/mol. The average molecular weight is 142 g/mol. The van der Waals surface area contributed by atoms with Crippen LogP contribution in [-0.2, 0) is 0 Å². The molecule has 3 nitrogen and oxygen atoms in total. The van der Waals surface area contributed by atoms with Crippen molar-refractivity contribution in [2.75, 3.05) is 0 Å². The van der Waals surface area contributed by atoms with Gasteiger partial charge in [0.05, 0.1) is 0 Å². The summed E-state index contributed by atoms with van der Waals surface area (Å²) in [7, 11) is 0. The maximum atomic E-state index is 3.88. The van der Waals surface area contributed by atoms with E-state index in [1.165, 1.54) is 0 Å². The summed E-state index contributed by atoms with van der Waals surface area (Å²) in [6, 6.07) is 7.70. The normalized spacial score (nSPS) is 9.20. The molecule has 0 aliphatic heterocycles. The van der Waals surface area contributed by atoms with Gasteiger partial charge in [0.25, 0.3) is 0 Å². The van der Waals surface area contributed by atoms with Crippen LogP contribution in [0, 0.1) is 0 Å². The van der Waals surface area contributed by atoms with Gasteiger partial charge in [-0.1, -0.05) is 12.1 Å². The van der Waals surface area contributed by atoms with E-state index in [1.807, 2.05) is 24.3 Å². The van der Waals surface area contributed by atoms with E-state index < -0.39 is 0 Å². The Kier molecular flexibility index (Phi) is 2.43. The Bertz CT molecular complexity index is 287. The van der Waals surface area contributed by atoms with Gasteiger partial charge in [0.1, 0.15) is 11.0 Å². The predicted molar refractivity (Wildman–Crippen MR) is 33.9 cm³/mol. The summed E-state index contributed by atoms with van der Waals surface area (Å²) >= 11 is 0. The first kappa shape index (κ1) is 7.72. The van der Waals surface area contributed by atoms with Crippen molar-refractivity contribution in [3.8, 4) is 0 Å². The second-order valence-corrected chi connectivity index (χ2v) is 1.81. The van der Waals surface area contributed by atoms with Crippen molar-refractivity contribution < 1.29 is 29.6 Å². The fraction of sp³-hybridized carbons (Fsp3) is 0. The molecule has 0 fully saturated rings. The molecule has 0 aliphatic rings. The number of H-pyrrole nitrogens is 1. The minimum atomic E-state index is 0. The Hall–Kier alpha value is -0.380. The fourth-order valence-electron chi connectivity index (χ4n) is 0.786. The van der Waals surface area contributed by atoms with E-state index in [0.29, 0.717) is 0 Å². The van der Waals surface area contributed by atoms with Crippen molar-refractivity contribution in [1.29, 1.82) is 0 Å². The number of benzene rings is 1. The number of nitrogens with one attached hydrogen (secondary N) is 1. The van der Waals surface area contributed by atoms with E-state index in [1.54, 1.807) is 0 Å². The Morgan fingerprint density at radius 2 is 1.50 bits per heavy atom. The summed E-state index contributed by atoms with van der Waals surface area (Å²) in [5.41, 5.74) is 1.83. The molecule has 0 radical (unpaired) electrons. The number of aromatic nitrogens is 3. The van der Waals surface area contributed by atoms with Crippen LogP contribution in [0.25, 0.3) is 11.0 Å². The molecule has 1 N–H and O–H groups in total. The minimum absolute atomic E-state index is 0. The molecule has 0 saturated heterocycles. The molecule has 0 atom stereocenters. The molecular formula is C6H5N3Na+. The fourth-order valence-corrected chi connectivity index (χ4v) is 0.786. The zero-order valence-electron chi connectivity index (χ0n) is 5.70. The molecular weight excluding hydrogens is 137 g/mol. The molecule has 2 aromatic rings. The number of para-hydroxylation sites is 2. The number of rotatable bonds is 0. The van der Waals surface area contributed by atoms with Crippen LogP contribution in [0.1, 0.15) is 0 Å². The Morgan fingerprint density at radius 3 is 2.00 bits per heavy atom. The summed E-state index contributed by atoms with van der Waals surface area (Å²) in [5.74, 6) is 0. The molecule has 4 heteroatoms. The van der Waals surface area contributed by atoms with Crippen LogP contribution in [0.3, 0.4) is 0 Å². The largest absolute Gasteiger partial charge is 1.00 e. The first-order chi connectivity index (χ1) is 4.47. The van der Waals surface area contributed by atoms with Gasteiger partial charge in [-0.25, -0.2) is 0 Å². The van der Waals surface area contributed by atoms with Crippen molar-refractivity contribution in [2.24, 2.45) is 0 Å². The third-order valence-electron chi connectivity index (χ3n) is 1.22. The van der Waals surface area contributed by atoms with Crippen LogP contribution in [0.15, 0.2) is 24.3 Å². The molecule has 0 unspecified atom stereocenters.